The van der Waals surface area contributed by atoms with Gasteiger partial charge in [0, 0.05) is 3.57 Å². The van der Waals surface area contributed by atoms with Gasteiger partial charge >= 0.3 is 6.16 Å². The largest absolute Gasteiger partial charge is 0.511 e. The van der Waals surface area contributed by atoms with Crippen LogP contribution in [0.15, 0.2) is 18.2 Å². The SMILES string of the molecule is Nc1ccc(I)cc1OC(=O)O. The summed E-state index contributed by atoms with van der Waals surface area (Å²) in [4.78, 5) is 10.2. The highest BCUT2D eigenvalue weighted by atomic mass is 127. The molecule has 5 heteroatoms. The number of anilines is 1. The molecule has 0 radical (unpaired) electrons. The topological polar surface area (TPSA) is 72.5 Å². The number of hydrogen-bond acceptors (Lipinski definition) is 3. The third kappa shape index (κ3) is 2.26. The lowest BCUT2D eigenvalue weighted by Crippen LogP contribution is -2.05. The van der Waals surface area contributed by atoms with Gasteiger partial charge in [0.05, 0.1) is 5.69 Å². The van der Waals surface area contributed by atoms with Crippen LogP contribution in [-0.4, -0.2) is 11.3 Å². The van der Waals surface area contributed by atoms with E-state index in [1.54, 1.807) is 18.2 Å². The van der Waals surface area contributed by atoms with E-state index in [2.05, 4.69) is 4.74 Å². The van der Waals surface area contributed by atoms with Crippen molar-refractivity contribution in [1.82, 2.24) is 0 Å². The van der Waals surface area contributed by atoms with Crippen molar-refractivity contribution in [2.75, 3.05) is 5.73 Å². The Labute approximate surface area is 82.5 Å². The fraction of sp³-hybridized carbons (Fsp3) is 0. The van der Waals surface area contributed by atoms with Crippen molar-refractivity contribution in [2.24, 2.45) is 0 Å². The van der Waals surface area contributed by atoms with Gasteiger partial charge in [-0.05, 0) is 40.8 Å². The normalized spacial score (nSPS) is 9.42. The van der Waals surface area contributed by atoms with E-state index in [1.807, 2.05) is 22.6 Å². The number of halogens is 1. The van der Waals surface area contributed by atoms with Gasteiger partial charge in [0.25, 0.3) is 0 Å². The predicted octanol–water partition coefficient (Wildman–Crippen LogP) is 1.93. The first kappa shape index (κ1) is 9.11. The molecule has 0 heterocycles. The van der Waals surface area contributed by atoms with Crippen LogP contribution in [0.2, 0.25) is 0 Å². The molecule has 1 aromatic carbocycles. The molecular formula is C7H6INO3. The Bertz CT molecular complexity index is 314. The van der Waals surface area contributed by atoms with E-state index in [9.17, 15) is 4.79 Å². The van der Waals surface area contributed by atoms with Crippen LogP contribution >= 0.6 is 22.6 Å². The molecule has 1 rings (SSSR count). The zero-order chi connectivity index (χ0) is 9.14. The van der Waals surface area contributed by atoms with E-state index in [0.29, 0.717) is 5.69 Å². The highest BCUT2D eigenvalue weighted by Gasteiger charge is 2.04. The van der Waals surface area contributed by atoms with Gasteiger partial charge in [-0.15, -0.1) is 0 Å². The first-order chi connectivity index (χ1) is 5.59. The van der Waals surface area contributed by atoms with Gasteiger partial charge in [0.1, 0.15) is 0 Å². The maximum atomic E-state index is 10.2. The third-order valence-electron chi connectivity index (χ3n) is 1.17. The molecule has 0 spiro atoms. The van der Waals surface area contributed by atoms with E-state index in [1.165, 1.54) is 0 Å². The van der Waals surface area contributed by atoms with Gasteiger partial charge in [-0.1, -0.05) is 0 Å². The number of ether oxygens (including phenoxy) is 1. The lowest BCUT2D eigenvalue weighted by Gasteiger charge is -2.03. The molecule has 0 saturated heterocycles. The third-order valence-corrected chi connectivity index (χ3v) is 1.84. The predicted molar refractivity (Wildman–Crippen MR) is 52.2 cm³/mol. The molecule has 0 bridgehead atoms. The molecule has 0 amide bonds. The van der Waals surface area contributed by atoms with Crippen molar-refractivity contribution in [3.8, 4) is 5.75 Å². The Morgan fingerprint density at radius 2 is 2.25 bits per heavy atom. The molecule has 0 aliphatic heterocycles. The highest BCUT2D eigenvalue weighted by Crippen LogP contribution is 2.23. The summed E-state index contributed by atoms with van der Waals surface area (Å²) in [5, 5.41) is 8.30. The Hall–Kier alpha value is -0.980. The second-order valence-electron chi connectivity index (χ2n) is 2.05. The lowest BCUT2D eigenvalue weighted by molar-refractivity contribution is 0.144. The summed E-state index contributed by atoms with van der Waals surface area (Å²) in [7, 11) is 0. The molecule has 0 aliphatic rings. The second-order valence-corrected chi connectivity index (χ2v) is 3.30. The van der Waals surface area contributed by atoms with E-state index in [4.69, 9.17) is 10.8 Å². The van der Waals surface area contributed by atoms with Crippen LogP contribution in [0.5, 0.6) is 5.75 Å². The van der Waals surface area contributed by atoms with Crippen molar-refractivity contribution < 1.29 is 14.6 Å². The van der Waals surface area contributed by atoms with Crippen LogP contribution in [0.4, 0.5) is 10.5 Å². The summed E-state index contributed by atoms with van der Waals surface area (Å²) in [6.45, 7) is 0. The first-order valence-electron chi connectivity index (χ1n) is 3.05. The quantitative estimate of drug-likeness (QED) is 0.356. The van der Waals surface area contributed by atoms with Crippen LogP contribution in [0.1, 0.15) is 0 Å². The molecule has 0 atom stereocenters. The van der Waals surface area contributed by atoms with Crippen LogP contribution in [0, 0.1) is 3.57 Å². The molecule has 0 saturated carbocycles. The summed E-state index contributed by atoms with van der Waals surface area (Å²) in [6, 6.07) is 4.93. The summed E-state index contributed by atoms with van der Waals surface area (Å²) in [5.41, 5.74) is 5.76. The van der Waals surface area contributed by atoms with E-state index >= 15 is 0 Å². The summed E-state index contributed by atoms with van der Waals surface area (Å²) in [6.07, 6.45) is -1.36. The maximum Gasteiger partial charge on any atom is 0.511 e. The molecule has 0 unspecified atom stereocenters. The van der Waals surface area contributed by atoms with Gasteiger partial charge < -0.3 is 15.6 Å². The summed E-state index contributed by atoms with van der Waals surface area (Å²) >= 11 is 2.04. The lowest BCUT2D eigenvalue weighted by atomic mass is 10.3. The average Bonchev–Trinajstić information content (AvgIpc) is 1.96. The molecule has 1 aromatic rings. The Morgan fingerprint density at radius 1 is 1.58 bits per heavy atom. The van der Waals surface area contributed by atoms with E-state index < -0.39 is 6.16 Å². The van der Waals surface area contributed by atoms with Crippen LogP contribution in [0.3, 0.4) is 0 Å². The van der Waals surface area contributed by atoms with Crippen LogP contribution in [-0.2, 0) is 0 Å². The summed E-state index contributed by atoms with van der Waals surface area (Å²) < 4.78 is 5.29. The molecule has 12 heavy (non-hydrogen) atoms. The number of hydrogen-bond donors (Lipinski definition) is 2. The minimum atomic E-state index is -1.36. The highest BCUT2D eigenvalue weighted by molar-refractivity contribution is 14.1. The van der Waals surface area contributed by atoms with Gasteiger partial charge in [-0.25, -0.2) is 4.79 Å². The standard InChI is InChI=1S/C7H6INO3/c8-4-1-2-5(9)6(3-4)12-7(10)11/h1-3H,9H2,(H,10,11). The Kier molecular flexibility index (Phi) is 2.74. The average molecular weight is 279 g/mol. The monoisotopic (exact) mass is 279 g/mol. The molecular weight excluding hydrogens is 273 g/mol. The van der Waals surface area contributed by atoms with Gasteiger partial charge in [-0.3, -0.25) is 0 Å². The van der Waals surface area contributed by atoms with Crippen molar-refractivity contribution in [1.29, 1.82) is 0 Å². The molecule has 0 aromatic heterocycles. The fourth-order valence-electron chi connectivity index (χ4n) is 0.691. The molecule has 4 nitrogen and oxygen atoms in total. The van der Waals surface area contributed by atoms with Crippen molar-refractivity contribution in [3.63, 3.8) is 0 Å². The molecule has 3 N–H and O–H groups in total. The first-order valence-corrected chi connectivity index (χ1v) is 4.13. The maximum absolute atomic E-state index is 10.2. The fourth-order valence-corrected chi connectivity index (χ4v) is 1.15. The minimum Gasteiger partial charge on any atom is -0.449 e. The second kappa shape index (κ2) is 3.61. The zero-order valence-corrected chi connectivity index (χ0v) is 8.11. The summed E-state index contributed by atoms with van der Waals surface area (Å²) in [5.74, 6) is 0.175. The smallest absolute Gasteiger partial charge is 0.449 e. The number of carboxylic acid groups (broad SMARTS) is 1. The molecule has 64 valence electrons. The Balaban J connectivity index is 2.97. The number of rotatable bonds is 1. The molecule has 0 aliphatic carbocycles. The minimum absolute atomic E-state index is 0.175. The molecule has 0 fully saturated rings. The van der Waals surface area contributed by atoms with Gasteiger partial charge in [-0.2, -0.15) is 0 Å². The number of benzene rings is 1. The van der Waals surface area contributed by atoms with E-state index in [0.717, 1.165) is 3.57 Å². The Morgan fingerprint density at radius 3 is 2.83 bits per heavy atom. The van der Waals surface area contributed by atoms with Crippen LogP contribution < -0.4 is 10.5 Å². The zero-order valence-electron chi connectivity index (χ0n) is 5.95. The van der Waals surface area contributed by atoms with Crippen molar-refractivity contribution in [3.05, 3.63) is 21.8 Å². The van der Waals surface area contributed by atoms with Gasteiger partial charge in [0.15, 0.2) is 5.75 Å². The van der Waals surface area contributed by atoms with Crippen molar-refractivity contribution in [2.45, 2.75) is 0 Å². The van der Waals surface area contributed by atoms with E-state index in [-0.39, 0.29) is 5.75 Å². The number of carbonyl (C=O) groups is 1. The van der Waals surface area contributed by atoms with Gasteiger partial charge in [0.2, 0.25) is 0 Å². The van der Waals surface area contributed by atoms with Crippen molar-refractivity contribution >= 4 is 34.4 Å². The number of nitrogen functional groups attached to an aromatic ring is 1. The van der Waals surface area contributed by atoms with Crippen LogP contribution in [0.25, 0.3) is 0 Å². The number of nitrogens with two attached hydrogens (primary N) is 1.